The lowest BCUT2D eigenvalue weighted by Crippen LogP contribution is -2.01. The smallest absolute Gasteiger partial charge is 0.195 e. The molecular formula is C46H30N4. The van der Waals surface area contributed by atoms with Crippen molar-refractivity contribution in [2.24, 2.45) is 0 Å². The SMILES string of the molecule is [C-]#[N+]c1ccc(C#N)cc1-c1ccc(-c2ccc3c(c2)c2ccccc2n3-c2ccccc2)c2c3ccccc3n(-c3c(C)cccc3C)c12. The van der Waals surface area contributed by atoms with Gasteiger partial charge in [0.2, 0.25) is 0 Å². The van der Waals surface area contributed by atoms with Gasteiger partial charge < -0.3 is 9.13 Å². The van der Waals surface area contributed by atoms with Gasteiger partial charge in [-0.05, 0) is 89.7 Å². The van der Waals surface area contributed by atoms with Crippen LogP contribution in [0.1, 0.15) is 16.7 Å². The lowest BCUT2D eigenvalue weighted by Gasteiger charge is -2.18. The Bertz CT molecular complexity index is 2890. The highest BCUT2D eigenvalue weighted by molar-refractivity contribution is 6.21. The quantitative estimate of drug-likeness (QED) is 0.177. The second-order valence-corrected chi connectivity index (χ2v) is 12.9. The Kier molecular flexibility index (Phi) is 6.66. The van der Waals surface area contributed by atoms with Crippen molar-refractivity contribution in [2.75, 3.05) is 0 Å². The van der Waals surface area contributed by atoms with Gasteiger partial charge in [-0.2, -0.15) is 5.26 Å². The Morgan fingerprint density at radius 3 is 1.96 bits per heavy atom. The largest absolute Gasteiger partial charge is 0.309 e. The number of benzene rings is 7. The van der Waals surface area contributed by atoms with Crippen molar-refractivity contribution in [2.45, 2.75) is 13.8 Å². The van der Waals surface area contributed by atoms with Gasteiger partial charge in [0.15, 0.2) is 5.69 Å². The highest BCUT2D eigenvalue weighted by Crippen LogP contribution is 2.47. The zero-order chi connectivity index (χ0) is 33.9. The topological polar surface area (TPSA) is 38.0 Å². The molecule has 0 N–H and O–H groups in total. The predicted octanol–water partition coefficient (Wildman–Crippen LogP) is 12.3. The van der Waals surface area contributed by atoms with Crippen molar-refractivity contribution in [1.82, 2.24) is 9.13 Å². The van der Waals surface area contributed by atoms with Gasteiger partial charge in [-0.1, -0.05) is 103 Å². The Labute approximate surface area is 290 Å². The molecule has 0 amide bonds. The zero-order valence-electron chi connectivity index (χ0n) is 27.6. The first kappa shape index (κ1) is 29.3. The summed E-state index contributed by atoms with van der Waals surface area (Å²) >= 11 is 0. The Balaban J connectivity index is 1.43. The maximum atomic E-state index is 9.90. The van der Waals surface area contributed by atoms with E-state index in [1.807, 2.05) is 6.07 Å². The van der Waals surface area contributed by atoms with Crippen LogP contribution in [0.3, 0.4) is 0 Å². The van der Waals surface area contributed by atoms with E-state index in [0.717, 1.165) is 72.1 Å². The average molecular weight is 639 g/mol. The first-order chi connectivity index (χ1) is 24.6. The maximum Gasteiger partial charge on any atom is 0.195 e. The Hall–Kier alpha value is -6.88. The van der Waals surface area contributed by atoms with Gasteiger partial charge >= 0.3 is 0 Å². The molecule has 50 heavy (non-hydrogen) atoms. The first-order valence-electron chi connectivity index (χ1n) is 16.7. The molecule has 0 aliphatic carbocycles. The second kappa shape index (κ2) is 11.4. The van der Waals surface area contributed by atoms with Gasteiger partial charge in [0.1, 0.15) is 0 Å². The third kappa shape index (κ3) is 4.30. The highest BCUT2D eigenvalue weighted by Gasteiger charge is 2.23. The minimum absolute atomic E-state index is 0.520. The van der Waals surface area contributed by atoms with Crippen molar-refractivity contribution in [3.8, 4) is 39.7 Å². The summed E-state index contributed by atoms with van der Waals surface area (Å²) in [4.78, 5) is 3.92. The molecular weight excluding hydrogens is 609 g/mol. The van der Waals surface area contributed by atoms with E-state index in [0.29, 0.717) is 11.3 Å². The summed E-state index contributed by atoms with van der Waals surface area (Å²) in [7, 11) is 0. The molecule has 0 unspecified atom stereocenters. The lowest BCUT2D eigenvalue weighted by atomic mass is 9.92. The van der Waals surface area contributed by atoms with Crippen LogP contribution < -0.4 is 0 Å². The van der Waals surface area contributed by atoms with Gasteiger partial charge in [0, 0.05) is 27.2 Å². The van der Waals surface area contributed by atoms with E-state index in [9.17, 15) is 5.26 Å². The van der Waals surface area contributed by atoms with E-state index in [1.54, 1.807) is 12.1 Å². The monoisotopic (exact) mass is 638 g/mol. The van der Waals surface area contributed by atoms with E-state index in [4.69, 9.17) is 6.57 Å². The van der Waals surface area contributed by atoms with E-state index >= 15 is 0 Å². The van der Waals surface area contributed by atoms with Crippen LogP contribution >= 0.6 is 0 Å². The number of rotatable bonds is 4. The molecule has 0 aliphatic heterocycles. The molecule has 4 nitrogen and oxygen atoms in total. The fourth-order valence-electron chi connectivity index (χ4n) is 7.86. The molecule has 0 radical (unpaired) electrons. The molecule has 2 aromatic heterocycles. The van der Waals surface area contributed by atoms with E-state index in [2.05, 4.69) is 161 Å². The number of aromatic nitrogens is 2. The van der Waals surface area contributed by atoms with Crippen LogP contribution in [-0.4, -0.2) is 9.13 Å². The van der Waals surface area contributed by atoms with Gasteiger partial charge in [0.05, 0.1) is 46.0 Å². The molecule has 0 saturated heterocycles. The summed E-state index contributed by atoms with van der Waals surface area (Å²) in [5, 5.41) is 14.5. The summed E-state index contributed by atoms with van der Waals surface area (Å²) in [6.45, 7) is 12.4. The van der Waals surface area contributed by atoms with Crippen LogP contribution in [0.15, 0.2) is 146 Å². The standard InChI is InChI=1S/C46H30N4/c1-29-12-11-13-30(2)45(29)50-42-19-10-8-17-37(42)44-34(22-23-36(46(44)50)38-26-31(28-47)20-24-40(38)48-3)32-21-25-43-39(27-32)35-16-7-9-18-41(35)49(43)33-14-5-4-6-15-33/h4-27H,1-2H3. The zero-order valence-corrected chi connectivity index (χ0v) is 27.6. The molecule has 234 valence electrons. The summed E-state index contributed by atoms with van der Waals surface area (Å²) in [6.07, 6.45) is 0. The minimum atomic E-state index is 0.520. The van der Waals surface area contributed by atoms with Crippen LogP contribution in [0.25, 0.3) is 82.1 Å². The van der Waals surface area contributed by atoms with Crippen LogP contribution in [0.4, 0.5) is 5.69 Å². The van der Waals surface area contributed by atoms with Crippen molar-refractivity contribution < 1.29 is 0 Å². The second-order valence-electron chi connectivity index (χ2n) is 12.9. The molecule has 7 aromatic carbocycles. The summed E-state index contributed by atoms with van der Waals surface area (Å²) in [6, 6.07) is 53.0. The normalized spacial score (nSPS) is 11.4. The molecule has 9 aromatic rings. The Morgan fingerprint density at radius 2 is 1.22 bits per heavy atom. The van der Waals surface area contributed by atoms with E-state index in [-0.39, 0.29) is 0 Å². The minimum Gasteiger partial charge on any atom is -0.309 e. The van der Waals surface area contributed by atoms with Gasteiger partial charge in [-0.25, -0.2) is 4.85 Å². The van der Waals surface area contributed by atoms with Crippen LogP contribution in [0.5, 0.6) is 0 Å². The Morgan fingerprint density at radius 1 is 0.560 bits per heavy atom. The number of nitriles is 1. The number of nitrogens with zero attached hydrogens (tertiary/aromatic N) is 4. The van der Waals surface area contributed by atoms with Crippen LogP contribution in [-0.2, 0) is 0 Å². The van der Waals surface area contributed by atoms with Gasteiger partial charge in [-0.3, -0.25) is 0 Å². The maximum absolute atomic E-state index is 9.90. The molecule has 2 heterocycles. The van der Waals surface area contributed by atoms with Gasteiger partial charge in [-0.15, -0.1) is 0 Å². The fraction of sp³-hybridized carbons (Fsp3) is 0.0435. The number of fused-ring (bicyclic) bond motifs is 6. The number of hydrogen-bond donors (Lipinski definition) is 0. The van der Waals surface area contributed by atoms with Crippen molar-refractivity contribution >= 4 is 49.3 Å². The molecule has 0 aliphatic rings. The molecule has 0 saturated carbocycles. The first-order valence-corrected chi connectivity index (χ1v) is 16.7. The highest BCUT2D eigenvalue weighted by atomic mass is 15.0. The van der Waals surface area contributed by atoms with E-state index < -0.39 is 0 Å². The summed E-state index contributed by atoms with van der Waals surface area (Å²) in [5.74, 6) is 0. The molecule has 0 atom stereocenters. The molecule has 4 heteroatoms. The van der Waals surface area contributed by atoms with E-state index in [1.165, 1.54) is 16.3 Å². The number of hydrogen-bond acceptors (Lipinski definition) is 1. The lowest BCUT2D eigenvalue weighted by molar-refractivity contribution is 1.12. The van der Waals surface area contributed by atoms with Crippen molar-refractivity contribution in [3.63, 3.8) is 0 Å². The summed E-state index contributed by atoms with van der Waals surface area (Å²) in [5.41, 5.74) is 14.0. The molecule has 9 rings (SSSR count). The molecule has 0 spiro atoms. The van der Waals surface area contributed by atoms with Crippen LogP contribution in [0, 0.1) is 31.8 Å². The fourth-order valence-corrected chi connectivity index (χ4v) is 7.86. The predicted molar refractivity (Wildman–Crippen MR) is 206 cm³/mol. The van der Waals surface area contributed by atoms with Crippen molar-refractivity contribution in [1.29, 1.82) is 5.26 Å². The van der Waals surface area contributed by atoms with Crippen LogP contribution in [0.2, 0.25) is 0 Å². The summed E-state index contributed by atoms with van der Waals surface area (Å²) < 4.78 is 4.72. The van der Waals surface area contributed by atoms with Gasteiger partial charge in [0.25, 0.3) is 0 Å². The third-order valence-electron chi connectivity index (χ3n) is 10.0. The number of para-hydroxylation sites is 4. The average Bonchev–Trinajstić information content (AvgIpc) is 3.68. The third-order valence-corrected chi connectivity index (χ3v) is 10.0. The molecule has 0 fully saturated rings. The molecule has 0 bridgehead atoms. The number of aryl methyl sites for hydroxylation is 2. The van der Waals surface area contributed by atoms with Crippen molar-refractivity contribution in [3.05, 3.63) is 174 Å².